The number of allylic oxidation sites excluding steroid dienone is 2. The number of halogens is 1. The molecule has 6 nitrogen and oxygen atoms in total. The van der Waals surface area contributed by atoms with Crippen LogP contribution in [0.1, 0.15) is 25.8 Å². The van der Waals surface area contributed by atoms with E-state index in [4.69, 9.17) is 9.47 Å². The number of benzene rings is 1. The van der Waals surface area contributed by atoms with Crippen LogP contribution in [0.4, 0.5) is 0 Å². The molecule has 1 aromatic carbocycles. The van der Waals surface area contributed by atoms with E-state index in [0.29, 0.717) is 17.1 Å². The Labute approximate surface area is 166 Å². The minimum absolute atomic E-state index is 0.0664. The van der Waals surface area contributed by atoms with Crippen molar-refractivity contribution in [1.29, 1.82) is 0 Å². The highest BCUT2D eigenvalue weighted by Crippen LogP contribution is 2.52. The molecule has 2 fully saturated rings. The van der Waals surface area contributed by atoms with Gasteiger partial charge in [0.05, 0.1) is 31.3 Å². The molecule has 0 aromatic heterocycles. The second-order valence-electron chi connectivity index (χ2n) is 7.43. The second-order valence-corrected chi connectivity index (χ2v) is 8.34. The second kappa shape index (κ2) is 6.78. The fourth-order valence-electron chi connectivity index (χ4n) is 4.32. The molecule has 0 spiro atoms. The van der Waals surface area contributed by atoms with Crippen molar-refractivity contribution in [2.75, 3.05) is 7.11 Å². The van der Waals surface area contributed by atoms with Gasteiger partial charge in [0.2, 0.25) is 0 Å². The summed E-state index contributed by atoms with van der Waals surface area (Å²) in [6.45, 7) is 3.83. The Morgan fingerprint density at radius 3 is 2.37 bits per heavy atom. The molecule has 2 bridgehead atoms. The molecule has 4 atom stereocenters. The van der Waals surface area contributed by atoms with Crippen LogP contribution in [-0.2, 0) is 9.59 Å². The van der Waals surface area contributed by atoms with Crippen molar-refractivity contribution in [3.05, 3.63) is 34.3 Å². The maximum absolute atomic E-state index is 12.8. The number of amides is 2. The molecule has 4 unspecified atom stereocenters. The van der Waals surface area contributed by atoms with E-state index >= 15 is 0 Å². The fourth-order valence-corrected chi connectivity index (χ4v) is 4.77. The Balaban J connectivity index is 1.65. The highest BCUT2D eigenvalue weighted by molar-refractivity contribution is 9.10. The van der Waals surface area contributed by atoms with E-state index in [2.05, 4.69) is 33.2 Å². The lowest BCUT2D eigenvalue weighted by Gasteiger charge is -2.17. The van der Waals surface area contributed by atoms with Gasteiger partial charge in [0.25, 0.3) is 11.8 Å². The molecule has 2 amide bonds. The monoisotopic (exact) mass is 432 g/mol. The molecule has 142 valence electrons. The van der Waals surface area contributed by atoms with Crippen molar-refractivity contribution in [2.45, 2.75) is 26.4 Å². The molecule has 2 aliphatic carbocycles. The minimum atomic E-state index is -0.256. The van der Waals surface area contributed by atoms with E-state index in [1.54, 1.807) is 13.2 Å². The zero-order valence-electron chi connectivity index (χ0n) is 15.4. The number of hydrogen-bond acceptors (Lipinski definition) is 5. The Kier molecular flexibility index (Phi) is 4.58. The Morgan fingerprint density at radius 2 is 1.81 bits per heavy atom. The van der Waals surface area contributed by atoms with Crippen LogP contribution in [0.5, 0.6) is 11.5 Å². The largest absolute Gasteiger partial charge is 0.493 e. The van der Waals surface area contributed by atoms with Crippen molar-refractivity contribution in [3.8, 4) is 11.5 Å². The summed E-state index contributed by atoms with van der Waals surface area (Å²) in [5.74, 6) is 0.502. The third-order valence-electron chi connectivity index (χ3n) is 5.38. The van der Waals surface area contributed by atoms with Gasteiger partial charge in [0.15, 0.2) is 11.5 Å². The molecule has 1 saturated carbocycles. The maximum Gasteiger partial charge on any atom is 0.254 e. The van der Waals surface area contributed by atoms with Crippen LogP contribution in [0, 0.1) is 23.7 Å². The van der Waals surface area contributed by atoms with E-state index in [1.807, 2.05) is 19.9 Å². The van der Waals surface area contributed by atoms with Gasteiger partial charge in [-0.05, 0) is 44.2 Å². The summed E-state index contributed by atoms with van der Waals surface area (Å²) in [4.78, 5) is 25.5. The molecular weight excluding hydrogens is 412 g/mol. The van der Waals surface area contributed by atoms with Gasteiger partial charge in [0, 0.05) is 10.0 Å². The number of fused-ring (bicyclic) bond motifs is 5. The zero-order chi connectivity index (χ0) is 19.3. The molecule has 1 aliphatic heterocycles. The van der Waals surface area contributed by atoms with Gasteiger partial charge in [-0.25, -0.2) is 0 Å². The highest BCUT2D eigenvalue weighted by Gasteiger charge is 2.59. The van der Waals surface area contributed by atoms with E-state index < -0.39 is 0 Å². The lowest BCUT2D eigenvalue weighted by atomic mass is 9.85. The van der Waals surface area contributed by atoms with Crippen LogP contribution in [0.15, 0.2) is 33.9 Å². The van der Waals surface area contributed by atoms with Crippen LogP contribution in [0.25, 0.3) is 0 Å². The topological polar surface area (TPSA) is 68.2 Å². The maximum atomic E-state index is 12.8. The summed E-state index contributed by atoms with van der Waals surface area (Å²) < 4.78 is 12.1. The lowest BCUT2D eigenvalue weighted by Crippen LogP contribution is -2.28. The van der Waals surface area contributed by atoms with Crippen LogP contribution in [0.3, 0.4) is 0 Å². The van der Waals surface area contributed by atoms with Gasteiger partial charge < -0.3 is 9.47 Å². The first kappa shape index (κ1) is 18.2. The molecule has 0 radical (unpaired) electrons. The molecule has 7 heteroatoms. The quantitative estimate of drug-likeness (QED) is 0.406. The standard InChI is InChI=1S/C20H21BrN2O4/c1-10(2)27-18-13(7-14(21)8-15(18)26-3)9-22-23-19(24)16-11-4-5-12(6-11)17(16)20(23)25/h4-5,7-12,16-17H,6H2,1-3H3. The predicted molar refractivity (Wildman–Crippen MR) is 104 cm³/mol. The van der Waals surface area contributed by atoms with Gasteiger partial charge in [-0.3, -0.25) is 9.59 Å². The van der Waals surface area contributed by atoms with Crippen LogP contribution >= 0.6 is 15.9 Å². The van der Waals surface area contributed by atoms with Crippen LogP contribution in [-0.4, -0.2) is 36.3 Å². The fraction of sp³-hybridized carbons (Fsp3) is 0.450. The molecule has 0 N–H and O–H groups in total. The summed E-state index contributed by atoms with van der Waals surface area (Å²) in [6, 6.07) is 3.62. The average molecular weight is 433 g/mol. The number of hydrogen-bond donors (Lipinski definition) is 0. The van der Waals surface area contributed by atoms with Gasteiger partial charge in [-0.15, -0.1) is 0 Å². The number of nitrogens with zero attached hydrogens (tertiary/aromatic N) is 2. The molecule has 27 heavy (non-hydrogen) atoms. The summed E-state index contributed by atoms with van der Waals surface area (Å²) in [7, 11) is 1.56. The smallest absolute Gasteiger partial charge is 0.254 e. The number of imide groups is 1. The number of ether oxygens (including phenoxy) is 2. The lowest BCUT2D eigenvalue weighted by molar-refractivity contribution is -0.140. The van der Waals surface area contributed by atoms with Crippen molar-refractivity contribution in [1.82, 2.24) is 5.01 Å². The van der Waals surface area contributed by atoms with Crippen molar-refractivity contribution in [2.24, 2.45) is 28.8 Å². The van der Waals surface area contributed by atoms with Crippen LogP contribution < -0.4 is 9.47 Å². The zero-order valence-corrected chi connectivity index (χ0v) is 17.0. The Bertz CT molecular complexity index is 834. The van der Waals surface area contributed by atoms with Crippen molar-refractivity contribution >= 4 is 34.0 Å². The van der Waals surface area contributed by atoms with Crippen LogP contribution in [0.2, 0.25) is 0 Å². The third-order valence-corrected chi connectivity index (χ3v) is 5.84. The summed E-state index contributed by atoms with van der Waals surface area (Å²) in [6.07, 6.45) is 6.47. The van der Waals surface area contributed by atoms with Gasteiger partial charge in [0.1, 0.15) is 0 Å². The summed E-state index contributed by atoms with van der Waals surface area (Å²) in [5.41, 5.74) is 0.633. The van der Waals surface area contributed by atoms with E-state index in [-0.39, 0.29) is 41.6 Å². The number of carbonyl (C=O) groups is 2. The van der Waals surface area contributed by atoms with Crippen molar-refractivity contribution < 1.29 is 19.1 Å². The molecule has 3 aliphatic rings. The molecule has 1 heterocycles. The van der Waals surface area contributed by atoms with Gasteiger partial charge in [-0.2, -0.15) is 10.1 Å². The summed E-state index contributed by atoms with van der Waals surface area (Å²) in [5, 5.41) is 5.28. The predicted octanol–water partition coefficient (Wildman–Crippen LogP) is 3.39. The molecular formula is C20H21BrN2O4. The number of carbonyl (C=O) groups excluding carboxylic acids is 2. The third kappa shape index (κ3) is 2.98. The first-order chi connectivity index (χ1) is 12.9. The van der Waals surface area contributed by atoms with Gasteiger partial charge >= 0.3 is 0 Å². The first-order valence-corrected chi connectivity index (χ1v) is 9.84. The van der Waals surface area contributed by atoms with E-state index in [9.17, 15) is 9.59 Å². The summed E-state index contributed by atoms with van der Waals surface area (Å²) >= 11 is 3.44. The number of rotatable bonds is 5. The van der Waals surface area contributed by atoms with E-state index in [0.717, 1.165) is 15.9 Å². The number of methoxy groups -OCH3 is 1. The Hall–Kier alpha value is -2.15. The van der Waals surface area contributed by atoms with E-state index in [1.165, 1.54) is 6.21 Å². The molecule has 4 rings (SSSR count). The minimum Gasteiger partial charge on any atom is -0.493 e. The highest BCUT2D eigenvalue weighted by atomic mass is 79.9. The number of hydrazone groups is 1. The normalized spacial score (nSPS) is 28.7. The van der Waals surface area contributed by atoms with Gasteiger partial charge in [-0.1, -0.05) is 28.1 Å². The van der Waals surface area contributed by atoms with Crippen molar-refractivity contribution in [3.63, 3.8) is 0 Å². The average Bonchev–Trinajstić information content (AvgIpc) is 3.29. The molecule has 1 aromatic rings. The Morgan fingerprint density at radius 1 is 1.19 bits per heavy atom. The SMILES string of the molecule is COc1cc(Br)cc(C=NN2C(=O)C3C4C=CC(C4)C3C2=O)c1OC(C)C. The first-order valence-electron chi connectivity index (χ1n) is 9.05. The molecule has 1 saturated heterocycles.